The first kappa shape index (κ1) is 18.3. The third-order valence-electron chi connectivity index (χ3n) is 2.94. The van der Waals surface area contributed by atoms with E-state index in [-0.39, 0.29) is 0 Å². The van der Waals surface area contributed by atoms with Crippen LogP contribution in [0.3, 0.4) is 0 Å². The molecule has 118 valence electrons. The molecule has 0 bridgehead atoms. The zero-order valence-corrected chi connectivity index (χ0v) is 14.9. The third kappa shape index (κ3) is 6.35. The fourth-order valence-electron chi connectivity index (χ4n) is 1.94. The zero-order chi connectivity index (χ0) is 16.4. The van der Waals surface area contributed by atoms with Crippen molar-refractivity contribution in [3.63, 3.8) is 0 Å². The molecule has 22 heavy (non-hydrogen) atoms. The van der Waals surface area contributed by atoms with Gasteiger partial charge in [-0.3, -0.25) is 4.99 Å². The predicted octanol–water partition coefficient (Wildman–Crippen LogP) is 6.13. The van der Waals surface area contributed by atoms with E-state index in [4.69, 9.17) is 4.74 Å². The largest absolute Gasteiger partial charge is 0.461 e. The summed E-state index contributed by atoms with van der Waals surface area (Å²) in [5.74, 6) is 1.78. The minimum Gasteiger partial charge on any atom is -0.461 e. The van der Waals surface area contributed by atoms with Crippen molar-refractivity contribution in [1.29, 1.82) is 0 Å². The average Bonchev–Trinajstić information content (AvgIpc) is 2.48. The van der Waals surface area contributed by atoms with Gasteiger partial charge in [0.05, 0.1) is 11.2 Å². The van der Waals surface area contributed by atoms with Crippen LogP contribution in [0.1, 0.15) is 31.4 Å². The molecule has 0 saturated carbocycles. The summed E-state index contributed by atoms with van der Waals surface area (Å²) in [4.78, 5) is 4.39. The van der Waals surface area contributed by atoms with Crippen molar-refractivity contribution in [2.75, 3.05) is 6.26 Å². The lowest BCUT2D eigenvalue weighted by atomic mass is 10.1. The first-order valence-electron chi connectivity index (χ1n) is 7.43. The molecule has 3 heteroatoms. The molecule has 0 heterocycles. The highest BCUT2D eigenvalue weighted by atomic mass is 32.2. The van der Waals surface area contributed by atoms with Crippen LogP contribution in [0.25, 0.3) is 0 Å². The lowest BCUT2D eigenvalue weighted by Gasteiger charge is -2.12. The van der Waals surface area contributed by atoms with Gasteiger partial charge < -0.3 is 4.74 Å². The van der Waals surface area contributed by atoms with E-state index < -0.39 is 0 Å². The van der Waals surface area contributed by atoms with Gasteiger partial charge in [0.15, 0.2) is 0 Å². The maximum absolute atomic E-state index is 5.97. The standard InChI is InChI=1S/C19H25NOS/c1-6-7-8-9-10-11-17(4)21-19-15(2)12-18(13-16(19)3)20-14-22-5/h7-14H,6H2,1-5H3/b8-7+,10-9-,17-11+,20-14?. The molecule has 0 aliphatic carbocycles. The first-order chi connectivity index (χ1) is 10.6. The number of hydrogen-bond acceptors (Lipinski definition) is 3. The van der Waals surface area contributed by atoms with Crippen molar-refractivity contribution in [2.24, 2.45) is 4.99 Å². The molecule has 0 saturated heterocycles. The summed E-state index contributed by atoms with van der Waals surface area (Å²) in [5, 5.41) is 0. The van der Waals surface area contributed by atoms with Gasteiger partial charge in [-0.1, -0.05) is 31.2 Å². The highest BCUT2D eigenvalue weighted by Gasteiger charge is 2.06. The second-order valence-corrected chi connectivity index (χ2v) is 5.66. The Morgan fingerprint density at radius 1 is 1.18 bits per heavy atom. The molecule has 1 aromatic carbocycles. The second kappa shape index (κ2) is 10.1. The number of aryl methyl sites for hydroxylation is 2. The Morgan fingerprint density at radius 3 is 2.45 bits per heavy atom. The van der Waals surface area contributed by atoms with Crippen LogP contribution in [-0.2, 0) is 0 Å². The van der Waals surface area contributed by atoms with Crippen LogP contribution in [0, 0.1) is 13.8 Å². The second-order valence-electron chi connectivity index (χ2n) is 4.98. The molecular formula is C19H25NOS. The molecule has 1 rings (SSSR count). The summed E-state index contributed by atoms with van der Waals surface area (Å²) in [7, 11) is 0. The number of ether oxygens (including phenoxy) is 1. The Bertz CT molecular complexity index is 574. The van der Waals surface area contributed by atoms with Crippen molar-refractivity contribution in [2.45, 2.75) is 34.1 Å². The molecule has 0 unspecified atom stereocenters. The molecule has 1 aromatic rings. The number of benzene rings is 1. The molecule has 0 aliphatic rings. The van der Waals surface area contributed by atoms with Crippen LogP contribution in [0.4, 0.5) is 5.69 Å². The SMILES string of the molecule is CC/C=C/C=C\C=C(/C)Oc1c(C)cc(N=CSC)cc1C. The van der Waals surface area contributed by atoms with Gasteiger partial charge in [0, 0.05) is 0 Å². The van der Waals surface area contributed by atoms with Gasteiger partial charge in [0.25, 0.3) is 0 Å². The summed E-state index contributed by atoms with van der Waals surface area (Å²) in [6.45, 7) is 8.18. The molecular weight excluding hydrogens is 290 g/mol. The number of thioether (sulfide) groups is 1. The van der Waals surface area contributed by atoms with Crippen molar-refractivity contribution < 1.29 is 4.74 Å². The molecule has 0 spiro atoms. The molecule has 0 aliphatic heterocycles. The smallest absolute Gasteiger partial charge is 0.132 e. The predicted molar refractivity (Wildman–Crippen MR) is 101 cm³/mol. The van der Waals surface area contributed by atoms with E-state index in [1.807, 2.05) is 69.0 Å². The Hall–Kier alpha value is -1.74. The molecule has 0 aromatic heterocycles. The van der Waals surface area contributed by atoms with Crippen LogP contribution in [-0.4, -0.2) is 11.8 Å². The average molecular weight is 315 g/mol. The van der Waals surface area contributed by atoms with E-state index in [9.17, 15) is 0 Å². The molecule has 0 atom stereocenters. The lowest BCUT2D eigenvalue weighted by molar-refractivity contribution is 0.422. The van der Waals surface area contributed by atoms with Gasteiger partial charge in [-0.15, -0.1) is 11.8 Å². The lowest BCUT2D eigenvalue weighted by Crippen LogP contribution is -1.95. The summed E-state index contributed by atoms with van der Waals surface area (Å²) in [6.07, 6.45) is 13.2. The van der Waals surface area contributed by atoms with E-state index in [0.717, 1.165) is 34.7 Å². The van der Waals surface area contributed by atoms with E-state index >= 15 is 0 Å². The van der Waals surface area contributed by atoms with Crippen LogP contribution < -0.4 is 4.74 Å². The maximum atomic E-state index is 5.97. The van der Waals surface area contributed by atoms with Gasteiger partial charge in [0.2, 0.25) is 0 Å². The topological polar surface area (TPSA) is 21.6 Å². The molecule has 0 fully saturated rings. The Balaban J connectivity index is 2.85. The highest BCUT2D eigenvalue weighted by molar-refractivity contribution is 8.11. The van der Waals surface area contributed by atoms with E-state index in [1.54, 1.807) is 11.8 Å². The molecule has 0 amide bonds. The molecule has 0 N–H and O–H groups in total. The van der Waals surface area contributed by atoms with Crippen molar-refractivity contribution >= 4 is 23.0 Å². The fraction of sp³-hybridized carbons (Fsp3) is 0.316. The van der Waals surface area contributed by atoms with Gasteiger partial charge in [0.1, 0.15) is 11.5 Å². The Kier molecular flexibility index (Phi) is 8.38. The number of nitrogens with zero attached hydrogens (tertiary/aromatic N) is 1. The summed E-state index contributed by atoms with van der Waals surface area (Å²) < 4.78 is 5.97. The highest BCUT2D eigenvalue weighted by Crippen LogP contribution is 2.30. The van der Waals surface area contributed by atoms with Crippen molar-refractivity contribution in [3.05, 3.63) is 59.4 Å². The number of rotatable bonds is 7. The number of aliphatic imine (C=N–C) groups is 1. The van der Waals surface area contributed by atoms with Crippen LogP contribution in [0.15, 0.2) is 53.3 Å². The van der Waals surface area contributed by atoms with Gasteiger partial charge in [-0.2, -0.15) is 0 Å². The van der Waals surface area contributed by atoms with Gasteiger partial charge in [-0.25, -0.2) is 0 Å². The fourth-order valence-corrected chi connectivity index (χ4v) is 2.17. The van der Waals surface area contributed by atoms with Crippen LogP contribution >= 0.6 is 11.8 Å². The van der Waals surface area contributed by atoms with Crippen molar-refractivity contribution in [3.8, 4) is 5.75 Å². The monoisotopic (exact) mass is 315 g/mol. The van der Waals surface area contributed by atoms with E-state index in [0.29, 0.717) is 0 Å². The van der Waals surface area contributed by atoms with Crippen molar-refractivity contribution in [1.82, 2.24) is 0 Å². The molecule has 0 radical (unpaired) electrons. The normalized spacial score (nSPS) is 12.9. The Labute approximate surface area is 138 Å². The van der Waals surface area contributed by atoms with Crippen LogP contribution in [0.2, 0.25) is 0 Å². The first-order valence-corrected chi connectivity index (χ1v) is 8.71. The Morgan fingerprint density at radius 2 is 1.86 bits per heavy atom. The summed E-state index contributed by atoms with van der Waals surface area (Å²) in [6, 6.07) is 4.09. The minimum absolute atomic E-state index is 0.868. The van der Waals surface area contributed by atoms with Gasteiger partial charge in [-0.05, 0) is 62.8 Å². The summed E-state index contributed by atoms with van der Waals surface area (Å²) >= 11 is 1.59. The van der Waals surface area contributed by atoms with Gasteiger partial charge >= 0.3 is 0 Å². The van der Waals surface area contributed by atoms with E-state index in [2.05, 4.69) is 18.0 Å². The zero-order valence-electron chi connectivity index (χ0n) is 14.1. The maximum Gasteiger partial charge on any atom is 0.132 e. The molecule has 2 nitrogen and oxygen atoms in total. The third-order valence-corrected chi connectivity index (χ3v) is 3.26. The quantitative estimate of drug-likeness (QED) is 0.261. The number of allylic oxidation sites excluding steroid dienone is 6. The minimum atomic E-state index is 0.868. The summed E-state index contributed by atoms with van der Waals surface area (Å²) in [5.41, 5.74) is 4.99. The van der Waals surface area contributed by atoms with Crippen LogP contribution in [0.5, 0.6) is 5.75 Å². The number of hydrogen-bond donors (Lipinski definition) is 0. The van der Waals surface area contributed by atoms with E-state index in [1.165, 1.54) is 0 Å².